The van der Waals surface area contributed by atoms with Gasteiger partial charge in [0.25, 0.3) is 10.0 Å². The maximum atomic E-state index is 12.4. The molecule has 1 N–H and O–H groups in total. The van der Waals surface area contributed by atoms with Gasteiger partial charge in [0.2, 0.25) is 0 Å². The number of hydrogen-bond acceptors (Lipinski definition) is 4. The number of benzene rings is 1. The molecule has 0 bridgehead atoms. The molecular formula is C14H12ClN3O2S. The Balaban J connectivity index is 2.41. The molecule has 7 heteroatoms. The van der Waals surface area contributed by atoms with Crippen LogP contribution in [0.5, 0.6) is 0 Å². The van der Waals surface area contributed by atoms with Gasteiger partial charge in [0.05, 0.1) is 28.0 Å². The first-order chi connectivity index (χ1) is 9.83. The van der Waals surface area contributed by atoms with Crippen LogP contribution in [0.1, 0.15) is 17.0 Å². The Morgan fingerprint density at radius 2 is 1.95 bits per heavy atom. The number of sulfonamides is 1. The highest BCUT2D eigenvalue weighted by Crippen LogP contribution is 2.25. The molecule has 0 unspecified atom stereocenters. The molecule has 0 saturated heterocycles. The van der Waals surface area contributed by atoms with E-state index in [4.69, 9.17) is 16.9 Å². The van der Waals surface area contributed by atoms with Crippen molar-refractivity contribution in [2.75, 3.05) is 4.72 Å². The zero-order valence-electron chi connectivity index (χ0n) is 11.4. The number of nitrogens with zero attached hydrogens (tertiary/aromatic N) is 2. The molecule has 0 radical (unpaired) electrons. The molecule has 0 aliphatic heterocycles. The predicted octanol–water partition coefficient (Wildman–Crippen LogP) is 3.02. The van der Waals surface area contributed by atoms with Crippen LogP contribution in [0.25, 0.3) is 0 Å². The Kier molecular flexibility index (Phi) is 4.16. The van der Waals surface area contributed by atoms with E-state index >= 15 is 0 Å². The van der Waals surface area contributed by atoms with Crippen LogP contribution in [-0.4, -0.2) is 13.4 Å². The first-order valence-electron chi connectivity index (χ1n) is 6.00. The molecule has 2 aromatic rings. The summed E-state index contributed by atoms with van der Waals surface area (Å²) in [7, 11) is -3.84. The number of aromatic nitrogens is 1. The highest BCUT2D eigenvalue weighted by Gasteiger charge is 2.19. The van der Waals surface area contributed by atoms with E-state index in [-0.39, 0.29) is 9.92 Å². The zero-order chi connectivity index (χ0) is 15.6. The zero-order valence-corrected chi connectivity index (χ0v) is 13.0. The number of rotatable bonds is 3. The number of anilines is 1. The van der Waals surface area contributed by atoms with E-state index in [9.17, 15) is 8.42 Å². The van der Waals surface area contributed by atoms with Crippen molar-refractivity contribution in [2.45, 2.75) is 18.7 Å². The maximum absolute atomic E-state index is 12.4. The molecule has 0 aliphatic rings. The third-order valence-corrected chi connectivity index (χ3v) is 4.67. The summed E-state index contributed by atoms with van der Waals surface area (Å²) in [4.78, 5) is 4.12. The summed E-state index contributed by atoms with van der Waals surface area (Å²) in [5, 5.41) is 8.77. The van der Waals surface area contributed by atoms with Gasteiger partial charge < -0.3 is 0 Å². The molecule has 0 fully saturated rings. The van der Waals surface area contributed by atoms with Crippen molar-refractivity contribution >= 4 is 27.3 Å². The van der Waals surface area contributed by atoms with E-state index in [2.05, 4.69) is 9.71 Å². The quantitative estimate of drug-likeness (QED) is 0.941. The van der Waals surface area contributed by atoms with Gasteiger partial charge in [-0.3, -0.25) is 9.71 Å². The molecule has 5 nitrogen and oxygen atoms in total. The first kappa shape index (κ1) is 15.3. The summed E-state index contributed by atoms with van der Waals surface area (Å²) in [6.07, 6.45) is 0. The summed E-state index contributed by atoms with van der Waals surface area (Å²) < 4.78 is 27.2. The van der Waals surface area contributed by atoms with Crippen molar-refractivity contribution in [3.05, 3.63) is 52.3 Å². The molecule has 1 heterocycles. The average molecular weight is 322 g/mol. The molecule has 0 atom stereocenters. The van der Waals surface area contributed by atoms with Crippen molar-refractivity contribution in [3.8, 4) is 6.07 Å². The van der Waals surface area contributed by atoms with Crippen LogP contribution in [0, 0.1) is 25.2 Å². The number of pyridine rings is 1. The van der Waals surface area contributed by atoms with Crippen molar-refractivity contribution in [1.29, 1.82) is 5.26 Å². The Hall–Kier alpha value is -2.10. The third kappa shape index (κ3) is 3.32. The van der Waals surface area contributed by atoms with Crippen LogP contribution in [0.15, 0.2) is 35.2 Å². The van der Waals surface area contributed by atoms with E-state index in [0.717, 1.165) is 5.69 Å². The van der Waals surface area contributed by atoms with Crippen molar-refractivity contribution in [1.82, 2.24) is 4.98 Å². The third-order valence-electron chi connectivity index (χ3n) is 2.82. The molecule has 2 rings (SSSR count). The lowest BCUT2D eigenvalue weighted by Gasteiger charge is -2.11. The minimum atomic E-state index is -3.84. The van der Waals surface area contributed by atoms with E-state index in [1.54, 1.807) is 19.1 Å². The second-order valence-electron chi connectivity index (χ2n) is 4.45. The average Bonchev–Trinajstić information content (AvgIpc) is 2.41. The molecule has 0 amide bonds. The Morgan fingerprint density at radius 3 is 2.52 bits per heavy atom. The van der Waals surface area contributed by atoms with Gasteiger partial charge in [-0.25, -0.2) is 8.42 Å². The lowest BCUT2D eigenvalue weighted by molar-refractivity contribution is 0.601. The topological polar surface area (TPSA) is 82.9 Å². The summed E-state index contributed by atoms with van der Waals surface area (Å²) in [6.45, 7) is 3.54. The monoisotopic (exact) mass is 321 g/mol. The Bertz CT molecular complexity index is 842. The van der Waals surface area contributed by atoms with Gasteiger partial charge in [-0.05, 0) is 44.2 Å². The van der Waals surface area contributed by atoms with Crippen molar-refractivity contribution in [2.24, 2.45) is 0 Å². The Morgan fingerprint density at radius 1 is 1.24 bits per heavy atom. The van der Waals surface area contributed by atoms with E-state index in [1.165, 1.54) is 18.2 Å². The highest BCUT2D eigenvalue weighted by atomic mass is 35.5. The number of aryl methyl sites for hydroxylation is 2. The molecule has 1 aromatic carbocycles. The van der Waals surface area contributed by atoms with Gasteiger partial charge in [0.1, 0.15) is 4.90 Å². The number of halogens is 1. The minimum Gasteiger partial charge on any atom is -0.278 e. The minimum absolute atomic E-state index is 0.000672. The van der Waals surface area contributed by atoms with Gasteiger partial charge in [0, 0.05) is 5.69 Å². The van der Waals surface area contributed by atoms with E-state index < -0.39 is 10.0 Å². The molecule has 108 valence electrons. The van der Waals surface area contributed by atoms with Gasteiger partial charge in [-0.1, -0.05) is 11.6 Å². The molecule has 0 spiro atoms. The molecule has 0 aliphatic carbocycles. The summed E-state index contributed by atoms with van der Waals surface area (Å²) >= 11 is 5.94. The van der Waals surface area contributed by atoms with Crippen molar-refractivity contribution in [3.63, 3.8) is 0 Å². The summed E-state index contributed by atoms with van der Waals surface area (Å²) in [5.74, 6) is 0. The maximum Gasteiger partial charge on any atom is 0.263 e. The van der Waals surface area contributed by atoms with Gasteiger partial charge in [-0.2, -0.15) is 5.26 Å². The fraction of sp³-hybridized carbons (Fsp3) is 0.143. The second-order valence-corrected chi connectivity index (χ2v) is 6.51. The number of nitriles is 1. The van der Waals surface area contributed by atoms with Gasteiger partial charge >= 0.3 is 0 Å². The van der Waals surface area contributed by atoms with Gasteiger partial charge in [0.15, 0.2) is 0 Å². The molecule has 1 aromatic heterocycles. The normalized spacial score (nSPS) is 11.0. The van der Waals surface area contributed by atoms with Crippen LogP contribution < -0.4 is 4.72 Å². The van der Waals surface area contributed by atoms with Crippen LogP contribution in [0.4, 0.5) is 5.69 Å². The standard InChI is InChI=1S/C14H12ClN3O2S/c1-9-3-5-13(10(2)17-9)18-21(19,20)14-6-4-11(8-16)7-12(14)15/h3-7,18H,1-2H3. The SMILES string of the molecule is Cc1ccc(NS(=O)(=O)c2ccc(C#N)cc2Cl)c(C)n1. The second kappa shape index (κ2) is 5.72. The first-order valence-corrected chi connectivity index (χ1v) is 7.86. The Labute approximate surface area is 128 Å². The summed E-state index contributed by atoms with van der Waals surface area (Å²) in [5.41, 5.74) is 2.06. The number of hydrogen-bond donors (Lipinski definition) is 1. The smallest absolute Gasteiger partial charge is 0.263 e. The fourth-order valence-corrected chi connectivity index (χ4v) is 3.45. The van der Waals surface area contributed by atoms with Crippen LogP contribution in [0.3, 0.4) is 0 Å². The predicted molar refractivity (Wildman–Crippen MR) is 80.7 cm³/mol. The van der Waals surface area contributed by atoms with Crippen LogP contribution in [-0.2, 0) is 10.0 Å². The molecular weight excluding hydrogens is 310 g/mol. The highest BCUT2D eigenvalue weighted by molar-refractivity contribution is 7.92. The largest absolute Gasteiger partial charge is 0.278 e. The fourth-order valence-electron chi connectivity index (χ4n) is 1.78. The van der Waals surface area contributed by atoms with Crippen LogP contribution in [0.2, 0.25) is 5.02 Å². The van der Waals surface area contributed by atoms with E-state index in [0.29, 0.717) is 16.9 Å². The number of nitrogens with one attached hydrogen (secondary N) is 1. The molecule has 0 saturated carbocycles. The lowest BCUT2D eigenvalue weighted by Crippen LogP contribution is -2.15. The lowest BCUT2D eigenvalue weighted by atomic mass is 10.2. The van der Waals surface area contributed by atoms with Gasteiger partial charge in [-0.15, -0.1) is 0 Å². The van der Waals surface area contributed by atoms with E-state index in [1.807, 2.05) is 13.0 Å². The van der Waals surface area contributed by atoms with Crippen LogP contribution >= 0.6 is 11.6 Å². The summed E-state index contributed by atoms with van der Waals surface area (Å²) in [6, 6.07) is 9.29. The molecule has 21 heavy (non-hydrogen) atoms. The van der Waals surface area contributed by atoms with Crippen molar-refractivity contribution < 1.29 is 8.42 Å².